The third-order valence-corrected chi connectivity index (χ3v) is 4.76. The number of hydrogen-bond acceptors (Lipinski definition) is 5. The minimum atomic E-state index is -2.91. The Bertz CT molecular complexity index is 504. The van der Waals surface area contributed by atoms with Gasteiger partial charge in [0.25, 0.3) is 0 Å². The molecule has 0 aromatic carbocycles. The molecule has 0 amide bonds. The Kier molecular flexibility index (Phi) is 3.56. The van der Waals surface area contributed by atoms with Gasteiger partial charge in [0.05, 0.1) is 18.1 Å². The maximum absolute atomic E-state index is 11.3. The van der Waals surface area contributed by atoms with Crippen molar-refractivity contribution in [2.24, 2.45) is 0 Å². The van der Waals surface area contributed by atoms with Crippen LogP contribution in [0.15, 0.2) is 12.3 Å². The topological polar surface area (TPSA) is 70.5 Å². The Morgan fingerprint density at radius 2 is 2.06 bits per heavy atom. The van der Waals surface area contributed by atoms with Gasteiger partial charge in [0.15, 0.2) is 9.84 Å². The molecule has 1 aromatic heterocycles. The van der Waals surface area contributed by atoms with Gasteiger partial charge in [0, 0.05) is 30.5 Å². The maximum Gasteiger partial charge on any atom is 0.153 e. The lowest BCUT2D eigenvalue weighted by Gasteiger charge is -2.30. The fourth-order valence-electron chi connectivity index (χ4n) is 1.85. The number of anilines is 1. The summed E-state index contributed by atoms with van der Waals surface area (Å²) in [6.45, 7) is 0.649. The number of pyridine rings is 1. The zero-order valence-electron chi connectivity index (χ0n) is 9.13. The van der Waals surface area contributed by atoms with Gasteiger partial charge in [-0.1, -0.05) is 11.6 Å². The van der Waals surface area contributed by atoms with E-state index in [0.29, 0.717) is 18.7 Å². The molecule has 1 fully saturated rings. The molecule has 17 heavy (non-hydrogen) atoms. The molecule has 2 rings (SSSR count). The van der Waals surface area contributed by atoms with Gasteiger partial charge in [0.1, 0.15) is 5.15 Å². The van der Waals surface area contributed by atoms with Crippen LogP contribution in [0.4, 0.5) is 5.69 Å². The van der Waals surface area contributed by atoms with Gasteiger partial charge in [-0.15, -0.1) is 0 Å². The van der Waals surface area contributed by atoms with Crippen LogP contribution in [0.2, 0.25) is 5.15 Å². The molecular weight excluding hydrogens is 264 g/mol. The largest absolute Gasteiger partial charge is 0.391 e. The number of nitrogens with zero attached hydrogens (tertiary/aromatic N) is 2. The molecule has 5 nitrogen and oxygen atoms in total. The van der Waals surface area contributed by atoms with Crippen LogP contribution in [0.5, 0.6) is 0 Å². The lowest BCUT2D eigenvalue weighted by molar-refractivity contribution is 0.281. The minimum absolute atomic E-state index is 0.137. The monoisotopic (exact) mass is 276 g/mol. The van der Waals surface area contributed by atoms with Crippen molar-refractivity contribution in [2.75, 3.05) is 29.5 Å². The van der Waals surface area contributed by atoms with Crippen LogP contribution >= 0.6 is 11.6 Å². The van der Waals surface area contributed by atoms with E-state index in [1.807, 2.05) is 4.90 Å². The summed E-state index contributed by atoms with van der Waals surface area (Å²) < 4.78 is 22.7. The molecule has 94 valence electrons. The number of rotatable bonds is 2. The molecule has 0 unspecified atom stereocenters. The quantitative estimate of drug-likeness (QED) is 0.795. The summed E-state index contributed by atoms with van der Waals surface area (Å²) in [5, 5.41) is 9.53. The molecule has 1 aliphatic rings. The molecule has 1 aromatic rings. The van der Waals surface area contributed by atoms with Crippen LogP contribution in [0.25, 0.3) is 0 Å². The van der Waals surface area contributed by atoms with Crippen LogP contribution in [0.1, 0.15) is 5.56 Å². The average Bonchev–Trinajstić information content (AvgIpc) is 2.29. The van der Waals surface area contributed by atoms with Crippen LogP contribution in [-0.2, 0) is 16.4 Å². The summed E-state index contributed by atoms with van der Waals surface area (Å²) in [6, 6.07) is 1.75. The van der Waals surface area contributed by atoms with E-state index in [9.17, 15) is 13.5 Å². The van der Waals surface area contributed by atoms with E-state index in [0.717, 1.165) is 5.69 Å². The molecule has 1 aliphatic heterocycles. The van der Waals surface area contributed by atoms with E-state index in [1.165, 1.54) is 0 Å². The number of aliphatic hydroxyl groups excluding tert-OH is 1. The zero-order valence-corrected chi connectivity index (χ0v) is 10.7. The van der Waals surface area contributed by atoms with Gasteiger partial charge in [-0.25, -0.2) is 13.4 Å². The van der Waals surface area contributed by atoms with Crippen molar-refractivity contribution in [1.29, 1.82) is 0 Å². The summed E-state index contributed by atoms with van der Waals surface area (Å²) in [5.74, 6) is 0.273. The van der Waals surface area contributed by atoms with E-state index >= 15 is 0 Å². The Balaban J connectivity index is 2.27. The second kappa shape index (κ2) is 4.80. The number of sulfone groups is 1. The number of aliphatic hydroxyl groups is 1. The number of halogens is 1. The molecule has 0 radical (unpaired) electrons. The van der Waals surface area contributed by atoms with Crippen molar-refractivity contribution >= 4 is 27.1 Å². The molecule has 0 atom stereocenters. The van der Waals surface area contributed by atoms with Gasteiger partial charge in [0.2, 0.25) is 0 Å². The molecule has 0 aliphatic carbocycles. The summed E-state index contributed by atoms with van der Waals surface area (Å²) >= 11 is 5.89. The predicted molar refractivity (Wildman–Crippen MR) is 66.0 cm³/mol. The highest BCUT2D eigenvalue weighted by Crippen LogP contribution is 2.26. The third-order valence-electron chi connectivity index (χ3n) is 2.82. The van der Waals surface area contributed by atoms with Gasteiger partial charge in [-0.3, -0.25) is 0 Å². The average molecular weight is 277 g/mol. The highest BCUT2D eigenvalue weighted by atomic mass is 35.5. The Morgan fingerprint density at radius 1 is 1.41 bits per heavy atom. The van der Waals surface area contributed by atoms with Crippen molar-refractivity contribution < 1.29 is 13.5 Å². The Hall–Kier alpha value is -0.850. The molecule has 0 saturated carbocycles. The first kappa shape index (κ1) is 12.6. The zero-order chi connectivity index (χ0) is 12.5. The predicted octanol–water partition coefficient (Wildman–Crippen LogP) is 0.462. The van der Waals surface area contributed by atoms with Crippen LogP contribution < -0.4 is 4.90 Å². The fourth-order valence-corrected chi connectivity index (χ4v) is 3.27. The summed E-state index contributed by atoms with van der Waals surface area (Å²) in [5.41, 5.74) is 1.32. The van der Waals surface area contributed by atoms with E-state index in [1.54, 1.807) is 12.3 Å². The fraction of sp³-hybridized carbons (Fsp3) is 0.500. The Labute approximate surface area is 105 Å². The number of aromatic nitrogens is 1. The van der Waals surface area contributed by atoms with Gasteiger partial charge in [-0.05, 0) is 6.07 Å². The minimum Gasteiger partial charge on any atom is -0.391 e. The maximum atomic E-state index is 11.3. The van der Waals surface area contributed by atoms with Crippen molar-refractivity contribution in [3.8, 4) is 0 Å². The third kappa shape index (κ3) is 2.70. The first-order valence-electron chi connectivity index (χ1n) is 5.23. The van der Waals surface area contributed by atoms with Crippen LogP contribution in [-0.4, -0.2) is 43.1 Å². The Morgan fingerprint density at radius 3 is 2.65 bits per heavy atom. The van der Waals surface area contributed by atoms with Gasteiger partial charge < -0.3 is 10.0 Å². The van der Waals surface area contributed by atoms with E-state index in [-0.39, 0.29) is 23.3 Å². The second-order valence-electron chi connectivity index (χ2n) is 3.90. The lowest BCUT2D eigenvalue weighted by atomic mass is 10.2. The molecule has 1 saturated heterocycles. The first-order valence-corrected chi connectivity index (χ1v) is 7.43. The smallest absolute Gasteiger partial charge is 0.153 e. The molecular formula is C10H13ClN2O3S. The molecule has 0 bridgehead atoms. The molecule has 7 heteroatoms. The summed E-state index contributed by atoms with van der Waals surface area (Å²) in [4.78, 5) is 5.81. The van der Waals surface area contributed by atoms with Crippen LogP contribution in [0.3, 0.4) is 0 Å². The van der Waals surface area contributed by atoms with Gasteiger partial charge >= 0.3 is 0 Å². The highest BCUT2D eigenvalue weighted by molar-refractivity contribution is 7.91. The van der Waals surface area contributed by atoms with Crippen molar-refractivity contribution in [1.82, 2.24) is 4.98 Å². The van der Waals surface area contributed by atoms with Crippen LogP contribution in [0, 0.1) is 0 Å². The summed E-state index contributed by atoms with van der Waals surface area (Å²) in [7, 11) is -2.91. The number of hydrogen-bond donors (Lipinski definition) is 1. The highest BCUT2D eigenvalue weighted by Gasteiger charge is 2.23. The summed E-state index contributed by atoms with van der Waals surface area (Å²) in [6.07, 6.45) is 1.56. The van der Waals surface area contributed by atoms with Crippen molar-refractivity contribution in [3.05, 3.63) is 23.0 Å². The van der Waals surface area contributed by atoms with E-state index in [2.05, 4.69) is 4.98 Å². The van der Waals surface area contributed by atoms with Crippen molar-refractivity contribution in [3.63, 3.8) is 0 Å². The SMILES string of the molecule is O=S1(=O)CCN(c2ccnc(Cl)c2CO)CC1. The van der Waals surface area contributed by atoms with E-state index < -0.39 is 9.84 Å². The van der Waals surface area contributed by atoms with Gasteiger partial charge in [-0.2, -0.15) is 0 Å². The first-order chi connectivity index (χ1) is 8.03. The second-order valence-corrected chi connectivity index (χ2v) is 6.56. The van der Waals surface area contributed by atoms with E-state index in [4.69, 9.17) is 11.6 Å². The standard InChI is InChI=1S/C10H13ClN2O3S/c11-10-8(7-14)9(1-2-12-10)13-3-5-17(15,16)6-4-13/h1-2,14H,3-7H2. The molecule has 2 heterocycles. The molecule has 0 spiro atoms. The van der Waals surface area contributed by atoms with Crippen molar-refractivity contribution in [2.45, 2.75) is 6.61 Å². The lowest BCUT2D eigenvalue weighted by Crippen LogP contribution is -2.40. The normalized spacial score (nSPS) is 19.3. The molecule has 1 N–H and O–H groups in total.